The zero-order valence-corrected chi connectivity index (χ0v) is 11.9. The molecule has 1 aliphatic rings. The standard InChI is InChI=1S/C18H21NO/c1-13-5-4-7-14(9-10-19)18(13)20-12-16-11-15-6-2-3-8-17(15)16/h2-8,16H,9-12,19H2,1H3. The average molecular weight is 267 g/mol. The molecule has 0 radical (unpaired) electrons. The molecule has 0 aromatic heterocycles. The molecule has 2 N–H and O–H groups in total. The molecule has 0 heterocycles. The SMILES string of the molecule is Cc1cccc(CCN)c1OCC1Cc2ccccc21. The lowest BCUT2D eigenvalue weighted by molar-refractivity contribution is 0.271. The molecule has 20 heavy (non-hydrogen) atoms. The van der Waals surface area contributed by atoms with Gasteiger partial charge in [0, 0.05) is 5.92 Å². The molecule has 0 saturated heterocycles. The van der Waals surface area contributed by atoms with Gasteiger partial charge in [-0.15, -0.1) is 0 Å². The van der Waals surface area contributed by atoms with Crippen molar-refractivity contribution in [3.8, 4) is 5.75 Å². The van der Waals surface area contributed by atoms with Gasteiger partial charge in [0.05, 0.1) is 6.61 Å². The summed E-state index contributed by atoms with van der Waals surface area (Å²) in [5.41, 5.74) is 11.0. The fourth-order valence-corrected chi connectivity index (χ4v) is 2.97. The molecule has 0 saturated carbocycles. The molecule has 1 atom stereocenters. The third kappa shape index (κ3) is 2.44. The third-order valence-electron chi connectivity index (χ3n) is 4.10. The summed E-state index contributed by atoms with van der Waals surface area (Å²) in [5, 5.41) is 0. The Balaban J connectivity index is 1.71. The fraction of sp³-hybridized carbons (Fsp3) is 0.333. The largest absolute Gasteiger partial charge is 0.492 e. The van der Waals surface area contributed by atoms with Crippen molar-refractivity contribution in [3.05, 3.63) is 64.7 Å². The Labute approximate surface area is 120 Å². The minimum absolute atomic E-state index is 0.538. The van der Waals surface area contributed by atoms with Gasteiger partial charge in [-0.3, -0.25) is 0 Å². The summed E-state index contributed by atoms with van der Waals surface area (Å²) < 4.78 is 6.13. The van der Waals surface area contributed by atoms with Crippen LogP contribution >= 0.6 is 0 Å². The normalized spacial score (nSPS) is 16.4. The summed E-state index contributed by atoms with van der Waals surface area (Å²) in [7, 11) is 0. The lowest BCUT2D eigenvalue weighted by Crippen LogP contribution is -2.23. The van der Waals surface area contributed by atoms with E-state index in [4.69, 9.17) is 10.5 Å². The van der Waals surface area contributed by atoms with E-state index in [1.54, 1.807) is 0 Å². The summed E-state index contributed by atoms with van der Waals surface area (Å²) in [4.78, 5) is 0. The first-order valence-corrected chi connectivity index (χ1v) is 7.28. The summed E-state index contributed by atoms with van der Waals surface area (Å²) in [6.07, 6.45) is 2.01. The Kier molecular flexibility index (Phi) is 3.75. The van der Waals surface area contributed by atoms with E-state index in [9.17, 15) is 0 Å². The second kappa shape index (κ2) is 5.68. The van der Waals surface area contributed by atoms with Crippen molar-refractivity contribution < 1.29 is 4.74 Å². The summed E-state index contributed by atoms with van der Waals surface area (Å²) in [5.74, 6) is 1.57. The summed E-state index contributed by atoms with van der Waals surface area (Å²) in [6.45, 7) is 3.52. The quantitative estimate of drug-likeness (QED) is 0.902. The minimum atomic E-state index is 0.538. The van der Waals surface area contributed by atoms with E-state index in [1.807, 2.05) is 0 Å². The van der Waals surface area contributed by atoms with E-state index in [0.717, 1.165) is 25.2 Å². The van der Waals surface area contributed by atoms with Gasteiger partial charge in [-0.25, -0.2) is 0 Å². The molecule has 2 heteroatoms. The van der Waals surface area contributed by atoms with Gasteiger partial charge in [-0.05, 0) is 48.6 Å². The van der Waals surface area contributed by atoms with Crippen molar-refractivity contribution in [2.24, 2.45) is 5.73 Å². The topological polar surface area (TPSA) is 35.2 Å². The van der Waals surface area contributed by atoms with E-state index in [1.165, 1.54) is 22.3 Å². The monoisotopic (exact) mass is 267 g/mol. The second-order valence-electron chi connectivity index (χ2n) is 5.51. The van der Waals surface area contributed by atoms with Gasteiger partial charge in [-0.2, -0.15) is 0 Å². The number of rotatable bonds is 5. The zero-order valence-electron chi connectivity index (χ0n) is 11.9. The van der Waals surface area contributed by atoms with Crippen LogP contribution in [-0.2, 0) is 12.8 Å². The van der Waals surface area contributed by atoms with E-state index in [0.29, 0.717) is 12.5 Å². The fourth-order valence-electron chi connectivity index (χ4n) is 2.97. The van der Waals surface area contributed by atoms with Gasteiger partial charge < -0.3 is 10.5 Å². The molecular weight excluding hydrogens is 246 g/mol. The number of benzene rings is 2. The van der Waals surface area contributed by atoms with Crippen molar-refractivity contribution in [2.45, 2.75) is 25.7 Å². The molecule has 2 nitrogen and oxygen atoms in total. The number of aryl methyl sites for hydroxylation is 1. The lowest BCUT2D eigenvalue weighted by Gasteiger charge is -2.30. The van der Waals surface area contributed by atoms with Gasteiger partial charge in [0.15, 0.2) is 0 Å². The molecule has 1 aliphatic carbocycles. The van der Waals surface area contributed by atoms with E-state index >= 15 is 0 Å². The predicted octanol–water partition coefficient (Wildman–Crippen LogP) is 3.21. The van der Waals surface area contributed by atoms with Gasteiger partial charge in [0.25, 0.3) is 0 Å². The van der Waals surface area contributed by atoms with Crippen LogP contribution in [0.25, 0.3) is 0 Å². The van der Waals surface area contributed by atoms with Gasteiger partial charge in [0.1, 0.15) is 5.75 Å². The highest BCUT2D eigenvalue weighted by molar-refractivity contribution is 5.43. The molecule has 1 unspecified atom stereocenters. The van der Waals surface area contributed by atoms with Crippen LogP contribution in [0, 0.1) is 6.92 Å². The highest BCUT2D eigenvalue weighted by atomic mass is 16.5. The molecule has 0 aliphatic heterocycles. The Morgan fingerprint density at radius 3 is 2.80 bits per heavy atom. The first-order valence-electron chi connectivity index (χ1n) is 7.28. The molecular formula is C18H21NO. The van der Waals surface area contributed by atoms with Crippen molar-refractivity contribution >= 4 is 0 Å². The van der Waals surface area contributed by atoms with Crippen LogP contribution < -0.4 is 10.5 Å². The smallest absolute Gasteiger partial charge is 0.125 e. The number of para-hydroxylation sites is 1. The Morgan fingerprint density at radius 1 is 1.15 bits per heavy atom. The maximum Gasteiger partial charge on any atom is 0.125 e. The highest BCUT2D eigenvalue weighted by Gasteiger charge is 2.26. The van der Waals surface area contributed by atoms with E-state index in [2.05, 4.69) is 49.4 Å². The number of ether oxygens (including phenoxy) is 1. The molecule has 2 aromatic carbocycles. The number of nitrogens with two attached hydrogens (primary N) is 1. The van der Waals surface area contributed by atoms with E-state index < -0.39 is 0 Å². The van der Waals surface area contributed by atoms with E-state index in [-0.39, 0.29) is 0 Å². The Bertz CT molecular complexity index is 606. The zero-order chi connectivity index (χ0) is 13.9. The molecule has 3 rings (SSSR count). The van der Waals surface area contributed by atoms with Crippen LogP contribution in [0.2, 0.25) is 0 Å². The molecule has 0 spiro atoms. The summed E-state index contributed by atoms with van der Waals surface area (Å²) in [6, 6.07) is 14.9. The maximum absolute atomic E-state index is 6.13. The van der Waals surface area contributed by atoms with Crippen molar-refractivity contribution in [3.63, 3.8) is 0 Å². The third-order valence-corrected chi connectivity index (χ3v) is 4.10. The maximum atomic E-state index is 6.13. The number of fused-ring (bicyclic) bond motifs is 1. The van der Waals surface area contributed by atoms with Crippen molar-refractivity contribution in [1.82, 2.24) is 0 Å². The van der Waals surface area contributed by atoms with Crippen molar-refractivity contribution in [1.29, 1.82) is 0 Å². The first-order chi connectivity index (χ1) is 9.79. The van der Waals surface area contributed by atoms with Crippen LogP contribution in [0.5, 0.6) is 5.75 Å². The first kappa shape index (κ1) is 13.2. The van der Waals surface area contributed by atoms with Crippen molar-refractivity contribution in [2.75, 3.05) is 13.2 Å². The molecule has 0 amide bonds. The highest BCUT2D eigenvalue weighted by Crippen LogP contribution is 2.36. The van der Waals surface area contributed by atoms with Crippen LogP contribution in [0.1, 0.15) is 28.2 Å². The molecule has 0 fully saturated rings. The molecule has 0 bridgehead atoms. The predicted molar refractivity (Wildman–Crippen MR) is 82.3 cm³/mol. The number of hydrogen-bond donors (Lipinski definition) is 1. The van der Waals surface area contributed by atoms with Gasteiger partial charge in [-0.1, -0.05) is 42.5 Å². The van der Waals surface area contributed by atoms with Crippen LogP contribution in [0.15, 0.2) is 42.5 Å². The van der Waals surface area contributed by atoms with Crippen LogP contribution in [-0.4, -0.2) is 13.2 Å². The van der Waals surface area contributed by atoms with Gasteiger partial charge in [0.2, 0.25) is 0 Å². The van der Waals surface area contributed by atoms with Crippen LogP contribution in [0.4, 0.5) is 0 Å². The average Bonchev–Trinajstić information content (AvgIpc) is 2.43. The van der Waals surface area contributed by atoms with Gasteiger partial charge >= 0.3 is 0 Å². The lowest BCUT2D eigenvalue weighted by atomic mass is 9.78. The Hall–Kier alpha value is -1.80. The second-order valence-corrected chi connectivity index (χ2v) is 5.51. The van der Waals surface area contributed by atoms with Crippen LogP contribution in [0.3, 0.4) is 0 Å². The number of hydrogen-bond acceptors (Lipinski definition) is 2. The molecule has 104 valence electrons. The summed E-state index contributed by atoms with van der Waals surface area (Å²) >= 11 is 0. The minimum Gasteiger partial charge on any atom is -0.492 e. The molecule has 2 aromatic rings. The Morgan fingerprint density at radius 2 is 2.00 bits per heavy atom.